The number of carbonyl (C=O) groups excluding carboxylic acids is 1. The molecular weight excluding hydrogens is 551 g/mol. The Kier molecular flexibility index (Phi) is 9.03. The van der Waals surface area contributed by atoms with E-state index in [1.165, 1.54) is 17.3 Å². The molecule has 0 unspecified atom stereocenters. The molecule has 0 spiro atoms. The second-order valence-corrected chi connectivity index (χ2v) is 11.9. The first-order valence-electron chi connectivity index (χ1n) is 13.9. The maximum absolute atomic E-state index is 13.5. The molecule has 3 aromatic rings. The van der Waals surface area contributed by atoms with E-state index in [4.69, 9.17) is 12.2 Å². The van der Waals surface area contributed by atoms with E-state index < -0.39 is 0 Å². The summed E-state index contributed by atoms with van der Waals surface area (Å²) in [6.07, 6.45) is 2.55. The van der Waals surface area contributed by atoms with Crippen LogP contribution in [-0.4, -0.2) is 57.3 Å². The van der Waals surface area contributed by atoms with Gasteiger partial charge in [0.25, 0.3) is 11.5 Å². The molecular formula is C32H33N5O2S2. The highest BCUT2D eigenvalue weighted by Crippen LogP contribution is 2.36. The summed E-state index contributed by atoms with van der Waals surface area (Å²) in [5.41, 5.74) is 3.58. The number of pyridine rings is 1. The van der Waals surface area contributed by atoms with Crippen LogP contribution in [0.25, 0.3) is 6.08 Å². The van der Waals surface area contributed by atoms with Crippen molar-refractivity contribution in [2.75, 3.05) is 37.6 Å². The van der Waals surface area contributed by atoms with Crippen LogP contribution in [-0.2, 0) is 24.3 Å². The van der Waals surface area contributed by atoms with Crippen molar-refractivity contribution in [2.45, 2.75) is 33.4 Å². The van der Waals surface area contributed by atoms with Gasteiger partial charge < -0.3 is 4.90 Å². The molecule has 0 saturated carbocycles. The van der Waals surface area contributed by atoms with Crippen LogP contribution in [0.2, 0.25) is 0 Å². The minimum atomic E-state index is -0.290. The van der Waals surface area contributed by atoms with Crippen LogP contribution in [0.1, 0.15) is 34.7 Å². The average Bonchev–Trinajstić information content (AvgIpc) is 3.26. The molecule has 0 atom stereocenters. The lowest BCUT2D eigenvalue weighted by molar-refractivity contribution is -0.122. The number of hydrogen-bond acceptors (Lipinski definition) is 7. The van der Waals surface area contributed by atoms with Crippen molar-refractivity contribution in [1.29, 1.82) is 5.26 Å². The van der Waals surface area contributed by atoms with Gasteiger partial charge in [0.05, 0.1) is 4.91 Å². The average molecular weight is 584 g/mol. The van der Waals surface area contributed by atoms with Gasteiger partial charge in [0.2, 0.25) is 0 Å². The fraction of sp³-hybridized carbons (Fsp3) is 0.312. The van der Waals surface area contributed by atoms with Crippen molar-refractivity contribution in [1.82, 2.24) is 14.4 Å². The Labute approximate surface area is 250 Å². The standard InChI is InChI=1S/C32H33N5O2S2/c1-3-36-29(35-18-16-34(17-19-35)22-25-12-8-5-9-13-25)26(23(2)27(21-33)30(36)38)20-28-31(39)37(32(40)41-28)15-14-24-10-6-4-7-11-24/h4-13,20H,3,14-19,22H2,1-2H3/b28-20-. The smallest absolute Gasteiger partial charge is 0.270 e. The molecule has 2 aliphatic heterocycles. The summed E-state index contributed by atoms with van der Waals surface area (Å²) in [5, 5.41) is 9.89. The number of hydrogen-bond donors (Lipinski definition) is 0. The van der Waals surface area contributed by atoms with Crippen molar-refractivity contribution in [2.24, 2.45) is 0 Å². The van der Waals surface area contributed by atoms with E-state index in [-0.39, 0.29) is 17.0 Å². The molecule has 2 aliphatic rings. The van der Waals surface area contributed by atoms with Crippen molar-refractivity contribution in [3.8, 4) is 6.07 Å². The minimum absolute atomic E-state index is 0.115. The molecule has 0 aliphatic carbocycles. The highest BCUT2D eigenvalue weighted by Gasteiger charge is 2.33. The van der Waals surface area contributed by atoms with Gasteiger partial charge in [-0.2, -0.15) is 5.26 Å². The molecule has 7 nitrogen and oxygen atoms in total. The second kappa shape index (κ2) is 12.9. The van der Waals surface area contributed by atoms with Crippen LogP contribution in [0.4, 0.5) is 5.82 Å². The van der Waals surface area contributed by atoms with Gasteiger partial charge in [0, 0.05) is 51.4 Å². The lowest BCUT2D eigenvalue weighted by atomic mass is 10.0. The van der Waals surface area contributed by atoms with Crippen LogP contribution in [0.3, 0.4) is 0 Å². The maximum Gasteiger partial charge on any atom is 0.270 e. The summed E-state index contributed by atoms with van der Waals surface area (Å²) in [4.78, 5) is 33.7. The molecule has 9 heteroatoms. The number of rotatable bonds is 8. The van der Waals surface area contributed by atoms with Gasteiger partial charge in [0.1, 0.15) is 21.8 Å². The summed E-state index contributed by atoms with van der Waals surface area (Å²) in [7, 11) is 0. The molecule has 41 heavy (non-hydrogen) atoms. The highest BCUT2D eigenvalue weighted by atomic mass is 32.2. The van der Waals surface area contributed by atoms with Gasteiger partial charge in [-0.1, -0.05) is 84.6 Å². The van der Waals surface area contributed by atoms with Crippen molar-refractivity contribution < 1.29 is 4.79 Å². The number of piperazine rings is 1. The van der Waals surface area contributed by atoms with E-state index in [0.29, 0.717) is 34.3 Å². The van der Waals surface area contributed by atoms with Gasteiger partial charge in [-0.15, -0.1) is 0 Å². The number of aromatic nitrogens is 1. The lowest BCUT2D eigenvalue weighted by Gasteiger charge is -2.38. The SMILES string of the molecule is CCn1c(N2CCN(Cc3ccccc3)CC2)c(/C=C2\SC(=S)N(CCc3ccccc3)C2=O)c(C)c(C#N)c1=O. The van der Waals surface area contributed by atoms with E-state index in [1.54, 1.807) is 16.4 Å². The zero-order valence-electron chi connectivity index (χ0n) is 23.4. The summed E-state index contributed by atoms with van der Waals surface area (Å²) >= 11 is 6.89. The number of nitrogens with zero attached hydrogens (tertiary/aromatic N) is 5. The number of benzene rings is 2. The normalized spacial score (nSPS) is 17.0. The van der Waals surface area contributed by atoms with E-state index in [2.05, 4.69) is 40.1 Å². The van der Waals surface area contributed by atoms with Gasteiger partial charge in [0.15, 0.2) is 0 Å². The molecule has 3 heterocycles. The fourth-order valence-electron chi connectivity index (χ4n) is 5.45. The highest BCUT2D eigenvalue weighted by molar-refractivity contribution is 8.26. The first-order valence-corrected chi connectivity index (χ1v) is 15.1. The number of nitriles is 1. The van der Waals surface area contributed by atoms with Gasteiger partial charge >= 0.3 is 0 Å². The first kappa shape index (κ1) is 28.8. The topological polar surface area (TPSA) is 72.6 Å². The number of anilines is 1. The third kappa shape index (κ3) is 6.15. The maximum atomic E-state index is 13.5. The molecule has 5 rings (SSSR count). The summed E-state index contributed by atoms with van der Waals surface area (Å²) in [6, 6.07) is 22.6. The zero-order chi connectivity index (χ0) is 28.9. The minimum Gasteiger partial charge on any atom is -0.355 e. The molecule has 2 aromatic carbocycles. The van der Waals surface area contributed by atoms with Crippen LogP contribution >= 0.6 is 24.0 Å². The second-order valence-electron chi connectivity index (χ2n) is 10.2. The van der Waals surface area contributed by atoms with Crippen LogP contribution in [0.5, 0.6) is 0 Å². The fourth-order valence-corrected chi connectivity index (χ4v) is 6.74. The van der Waals surface area contributed by atoms with Crippen molar-refractivity contribution in [3.63, 3.8) is 0 Å². The van der Waals surface area contributed by atoms with Crippen LogP contribution < -0.4 is 10.5 Å². The van der Waals surface area contributed by atoms with Crippen LogP contribution in [0, 0.1) is 18.3 Å². The Hall–Kier alpha value is -3.71. The van der Waals surface area contributed by atoms with E-state index in [9.17, 15) is 14.9 Å². The Morgan fingerprint density at radius 3 is 2.22 bits per heavy atom. The number of amides is 1. The molecule has 1 amide bonds. The third-order valence-electron chi connectivity index (χ3n) is 7.70. The molecule has 0 radical (unpaired) electrons. The first-order chi connectivity index (χ1) is 19.9. The zero-order valence-corrected chi connectivity index (χ0v) is 25.0. The number of thioether (sulfide) groups is 1. The quantitative estimate of drug-likeness (QED) is 0.278. The molecule has 2 saturated heterocycles. The van der Waals surface area contributed by atoms with Crippen LogP contribution in [0.15, 0.2) is 70.4 Å². The third-order valence-corrected chi connectivity index (χ3v) is 9.08. The van der Waals surface area contributed by atoms with Crippen molar-refractivity contribution in [3.05, 3.63) is 104 Å². The number of thiocarbonyl (C=S) groups is 1. The number of carbonyl (C=O) groups is 1. The molecule has 2 fully saturated rings. The molecule has 0 bridgehead atoms. The van der Waals surface area contributed by atoms with Gasteiger partial charge in [-0.3, -0.25) is 24.0 Å². The van der Waals surface area contributed by atoms with E-state index in [1.807, 2.05) is 49.4 Å². The monoisotopic (exact) mass is 583 g/mol. The van der Waals surface area contributed by atoms with Crippen molar-refractivity contribution >= 4 is 46.1 Å². The summed E-state index contributed by atoms with van der Waals surface area (Å²) < 4.78 is 2.20. The van der Waals surface area contributed by atoms with Gasteiger partial charge in [-0.25, -0.2) is 0 Å². The van der Waals surface area contributed by atoms with Gasteiger partial charge in [-0.05, 0) is 43.0 Å². The Morgan fingerprint density at radius 1 is 0.976 bits per heavy atom. The predicted molar refractivity (Wildman–Crippen MR) is 170 cm³/mol. The van der Waals surface area contributed by atoms with E-state index in [0.717, 1.165) is 49.7 Å². The Morgan fingerprint density at radius 2 is 1.61 bits per heavy atom. The molecule has 0 N–H and O–H groups in total. The predicted octanol–water partition coefficient (Wildman–Crippen LogP) is 4.81. The largest absolute Gasteiger partial charge is 0.355 e. The Bertz CT molecular complexity index is 1570. The van der Waals surface area contributed by atoms with E-state index >= 15 is 0 Å². The lowest BCUT2D eigenvalue weighted by Crippen LogP contribution is -2.48. The molecule has 210 valence electrons. The molecule has 1 aromatic heterocycles. The Balaban J connectivity index is 1.45. The summed E-state index contributed by atoms with van der Waals surface area (Å²) in [5.74, 6) is 0.629. The summed E-state index contributed by atoms with van der Waals surface area (Å²) in [6.45, 7) is 8.66.